The van der Waals surface area contributed by atoms with Gasteiger partial charge in [0.15, 0.2) is 0 Å². The molecule has 1 saturated heterocycles. The molecule has 3 rings (SSSR count). The Morgan fingerprint density at radius 3 is 2.54 bits per heavy atom. The number of thioether (sulfide) groups is 1. The SMILES string of the molecule is CCN1C(=O)/C(=C\c2ccc(NC(=O)c3ccccc3Br)cc2)SC1=S. The van der Waals surface area contributed by atoms with Gasteiger partial charge in [-0.1, -0.05) is 48.2 Å². The fourth-order valence-corrected chi connectivity index (χ4v) is 4.28. The number of hydrogen-bond donors (Lipinski definition) is 1. The zero-order valence-electron chi connectivity index (χ0n) is 13.9. The van der Waals surface area contributed by atoms with Crippen molar-refractivity contribution in [2.24, 2.45) is 0 Å². The van der Waals surface area contributed by atoms with Crippen LogP contribution in [0, 0.1) is 0 Å². The van der Waals surface area contributed by atoms with Gasteiger partial charge in [-0.05, 0) is 58.8 Å². The van der Waals surface area contributed by atoms with Crippen LogP contribution in [0.5, 0.6) is 0 Å². The normalized spacial score (nSPS) is 15.6. The van der Waals surface area contributed by atoms with Gasteiger partial charge in [0, 0.05) is 16.7 Å². The lowest BCUT2D eigenvalue weighted by Crippen LogP contribution is -2.27. The highest BCUT2D eigenvalue weighted by Crippen LogP contribution is 2.32. The van der Waals surface area contributed by atoms with Gasteiger partial charge in [0.05, 0.1) is 10.5 Å². The lowest BCUT2D eigenvalue weighted by Gasteiger charge is -2.09. The Morgan fingerprint density at radius 2 is 1.92 bits per heavy atom. The van der Waals surface area contributed by atoms with E-state index in [4.69, 9.17) is 12.2 Å². The fraction of sp³-hybridized carbons (Fsp3) is 0.105. The van der Waals surface area contributed by atoms with E-state index < -0.39 is 0 Å². The number of nitrogens with one attached hydrogen (secondary N) is 1. The summed E-state index contributed by atoms with van der Waals surface area (Å²) in [7, 11) is 0. The molecule has 0 spiro atoms. The molecule has 26 heavy (non-hydrogen) atoms. The molecular formula is C19H15BrN2O2S2. The van der Waals surface area contributed by atoms with Gasteiger partial charge in [0.1, 0.15) is 4.32 Å². The summed E-state index contributed by atoms with van der Waals surface area (Å²) in [4.78, 5) is 26.8. The van der Waals surface area contributed by atoms with E-state index >= 15 is 0 Å². The van der Waals surface area contributed by atoms with Crippen molar-refractivity contribution in [3.63, 3.8) is 0 Å². The summed E-state index contributed by atoms with van der Waals surface area (Å²) in [6.45, 7) is 2.47. The van der Waals surface area contributed by atoms with Crippen LogP contribution in [0.2, 0.25) is 0 Å². The first-order valence-corrected chi connectivity index (χ1v) is 9.92. The summed E-state index contributed by atoms with van der Waals surface area (Å²) in [5.74, 6) is -0.247. The third-order valence-electron chi connectivity index (χ3n) is 3.77. The maximum Gasteiger partial charge on any atom is 0.266 e. The van der Waals surface area contributed by atoms with Gasteiger partial charge in [0.2, 0.25) is 0 Å². The van der Waals surface area contributed by atoms with E-state index in [2.05, 4.69) is 21.2 Å². The van der Waals surface area contributed by atoms with Crippen LogP contribution in [0.4, 0.5) is 5.69 Å². The Bertz CT molecular complexity index is 910. The molecule has 1 aliphatic heterocycles. The van der Waals surface area contributed by atoms with Crippen molar-refractivity contribution in [3.8, 4) is 0 Å². The van der Waals surface area contributed by atoms with Crippen LogP contribution in [0.15, 0.2) is 57.9 Å². The zero-order valence-corrected chi connectivity index (χ0v) is 17.1. The molecule has 7 heteroatoms. The molecule has 0 saturated carbocycles. The summed E-state index contributed by atoms with van der Waals surface area (Å²) in [5.41, 5.74) is 2.13. The van der Waals surface area contributed by atoms with Crippen molar-refractivity contribution < 1.29 is 9.59 Å². The molecule has 132 valence electrons. The smallest absolute Gasteiger partial charge is 0.266 e. The van der Waals surface area contributed by atoms with Gasteiger partial charge in [-0.2, -0.15) is 0 Å². The molecule has 0 bridgehead atoms. The maximum atomic E-state index is 12.3. The first kappa shape index (κ1) is 18.8. The highest BCUT2D eigenvalue weighted by atomic mass is 79.9. The van der Waals surface area contributed by atoms with E-state index in [9.17, 15) is 9.59 Å². The molecule has 0 radical (unpaired) electrons. The molecule has 1 aliphatic rings. The van der Waals surface area contributed by atoms with E-state index in [0.717, 1.165) is 10.0 Å². The summed E-state index contributed by atoms with van der Waals surface area (Å²) >= 11 is 9.89. The third-order valence-corrected chi connectivity index (χ3v) is 5.84. The number of likely N-dealkylation sites (N-methyl/N-ethyl adjacent to an activating group) is 1. The van der Waals surface area contributed by atoms with Crippen LogP contribution in [-0.4, -0.2) is 27.6 Å². The molecule has 2 aromatic carbocycles. The van der Waals surface area contributed by atoms with Crippen molar-refractivity contribution in [1.29, 1.82) is 0 Å². The number of carbonyl (C=O) groups excluding carboxylic acids is 2. The summed E-state index contributed by atoms with van der Waals surface area (Å²) in [5, 5.41) is 2.86. The molecule has 0 aromatic heterocycles. The number of carbonyl (C=O) groups is 2. The fourth-order valence-electron chi connectivity index (χ4n) is 2.43. The Kier molecular flexibility index (Phi) is 5.90. The first-order valence-electron chi connectivity index (χ1n) is 7.91. The molecule has 0 atom stereocenters. The molecule has 1 fully saturated rings. The molecule has 1 N–H and O–H groups in total. The summed E-state index contributed by atoms with van der Waals surface area (Å²) in [6.07, 6.45) is 1.81. The summed E-state index contributed by atoms with van der Waals surface area (Å²) in [6, 6.07) is 14.6. The maximum absolute atomic E-state index is 12.3. The highest BCUT2D eigenvalue weighted by molar-refractivity contribution is 9.10. The highest BCUT2D eigenvalue weighted by Gasteiger charge is 2.30. The minimum Gasteiger partial charge on any atom is -0.322 e. The lowest BCUT2D eigenvalue weighted by molar-refractivity contribution is -0.121. The van der Waals surface area contributed by atoms with Crippen LogP contribution in [-0.2, 0) is 4.79 Å². The molecular weight excluding hydrogens is 432 g/mol. The van der Waals surface area contributed by atoms with Gasteiger partial charge in [-0.3, -0.25) is 14.5 Å². The topological polar surface area (TPSA) is 49.4 Å². The van der Waals surface area contributed by atoms with Crippen LogP contribution in [0.3, 0.4) is 0 Å². The number of hydrogen-bond acceptors (Lipinski definition) is 4. The van der Waals surface area contributed by atoms with E-state index in [0.29, 0.717) is 27.0 Å². The number of anilines is 1. The average molecular weight is 447 g/mol. The van der Waals surface area contributed by atoms with Gasteiger partial charge < -0.3 is 5.32 Å². The zero-order chi connectivity index (χ0) is 18.7. The standard InChI is InChI=1S/C19H15BrN2O2S2/c1-2-22-18(24)16(26-19(22)25)11-12-7-9-13(10-8-12)21-17(23)14-5-3-4-6-15(14)20/h3-11H,2H2,1H3,(H,21,23)/b16-11+. The number of thiocarbonyl (C=S) groups is 1. The van der Waals surface area contributed by atoms with Crippen LogP contribution in [0.1, 0.15) is 22.8 Å². The van der Waals surface area contributed by atoms with Gasteiger partial charge in [0.25, 0.3) is 11.8 Å². The number of benzene rings is 2. The Hall–Kier alpha value is -1.96. The minimum absolute atomic E-state index is 0.0613. The molecule has 0 aliphatic carbocycles. The predicted octanol–water partition coefficient (Wildman–Crippen LogP) is 4.92. The van der Waals surface area contributed by atoms with Crippen LogP contribution in [0.25, 0.3) is 6.08 Å². The summed E-state index contributed by atoms with van der Waals surface area (Å²) < 4.78 is 1.33. The Morgan fingerprint density at radius 1 is 1.23 bits per heavy atom. The number of halogens is 1. The molecule has 1 heterocycles. The second-order valence-corrected chi connectivity index (χ2v) is 8.01. The van der Waals surface area contributed by atoms with Gasteiger partial charge in [-0.25, -0.2) is 0 Å². The monoisotopic (exact) mass is 446 g/mol. The van der Waals surface area contributed by atoms with E-state index in [1.807, 2.05) is 43.3 Å². The largest absolute Gasteiger partial charge is 0.322 e. The van der Waals surface area contributed by atoms with Crippen molar-refractivity contribution in [3.05, 3.63) is 69.0 Å². The Balaban J connectivity index is 1.72. The average Bonchev–Trinajstić information content (AvgIpc) is 2.90. The van der Waals surface area contributed by atoms with Crippen molar-refractivity contribution >= 4 is 67.8 Å². The first-order chi connectivity index (χ1) is 12.5. The third kappa shape index (κ3) is 4.06. The van der Waals surface area contributed by atoms with Gasteiger partial charge in [-0.15, -0.1) is 0 Å². The van der Waals surface area contributed by atoms with E-state index in [1.165, 1.54) is 11.8 Å². The second-order valence-electron chi connectivity index (χ2n) is 5.48. The van der Waals surface area contributed by atoms with Crippen molar-refractivity contribution in [2.75, 3.05) is 11.9 Å². The van der Waals surface area contributed by atoms with Crippen molar-refractivity contribution in [2.45, 2.75) is 6.92 Å². The minimum atomic E-state index is -0.186. The van der Waals surface area contributed by atoms with E-state index in [-0.39, 0.29) is 11.8 Å². The second kappa shape index (κ2) is 8.16. The quantitative estimate of drug-likeness (QED) is 0.534. The lowest BCUT2D eigenvalue weighted by atomic mass is 10.1. The number of amides is 2. The van der Waals surface area contributed by atoms with Crippen LogP contribution < -0.4 is 5.32 Å². The number of rotatable bonds is 4. The molecule has 2 amide bonds. The molecule has 4 nitrogen and oxygen atoms in total. The van der Waals surface area contributed by atoms with E-state index in [1.54, 1.807) is 23.1 Å². The van der Waals surface area contributed by atoms with Crippen molar-refractivity contribution in [1.82, 2.24) is 4.90 Å². The van der Waals surface area contributed by atoms with Crippen LogP contribution >= 0.6 is 39.9 Å². The number of nitrogens with zero attached hydrogens (tertiary/aromatic N) is 1. The Labute approximate surface area is 169 Å². The molecule has 0 unspecified atom stereocenters. The predicted molar refractivity (Wildman–Crippen MR) is 114 cm³/mol. The van der Waals surface area contributed by atoms with Gasteiger partial charge >= 0.3 is 0 Å². The molecule has 2 aromatic rings.